The third-order valence-corrected chi connectivity index (χ3v) is 5.06. The summed E-state index contributed by atoms with van der Waals surface area (Å²) < 4.78 is 17.3. The molecule has 0 aromatic heterocycles. The van der Waals surface area contributed by atoms with E-state index in [1.807, 2.05) is 25.7 Å². The molecule has 0 saturated carbocycles. The van der Waals surface area contributed by atoms with E-state index in [1.165, 1.54) is 4.90 Å². The summed E-state index contributed by atoms with van der Waals surface area (Å²) in [7, 11) is -2.02. The molecule has 1 unspecified atom stereocenters. The van der Waals surface area contributed by atoms with Gasteiger partial charge in [-0.15, -0.1) is 0 Å². The van der Waals surface area contributed by atoms with E-state index >= 15 is 0 Å². The molecular weight excluding hydrogens is 378 g/mol. The van der Waals surface area contributed by atoms with Crippen LogP contribution in [0, 0.1) is 0 Å². The Labute approximate surface area is 167 Å². The molecule has 28 heavy (non-hydrogen) atoms. The number of hydrogen-bond donors (Lipinski definition) is 1. The fourth-order valence-electron chi connectivity index (χ4n) is 3.05. The van der Waals surface area contributed by atoms with Crippen LogP contribution in [0.1, 0.15) is 37.6 Å². The van der Waals surface area contributed by atoms with Gasteiger partial charge in [-0.1, -0.05) is 18.2 Å². The summed E-state index contributed by atoms with van der Waals surface area (Å²) in [6.07, 6.45) is -1.61. The van der Waals surface area contributed by atoms with Crippen LogP contribution in [0.4, 0.5) is 4.79 Å². The van der Waals surface area contributed by atoms with Gasteiger partial charge in [-0.25, -0.2) is 9.59 Å². The van der Waals surface area contributed by atoms with E-state index in [0.717, 1.165) is 0 Å². The molecule has 2 rings (SSSR count). The molecule has 3 atom stereocenters. The highest BCUT2D eigenvalue weighted by molar-refractivity contribution is 6.69. The zero-order valence-corrected chi connectivity index (χ0v) is 18.5. The number of carbonyl (C=O) groups is 2. The molecule has 8 heteroatoms. The third kappa shape index (κ3) is 6.05. The van der Waals surface area contributed by atoms with E-state index in [0.29, 0.717) is 5.56 Å². The van der Waals surface area contributed by atoms with E-state index in [2.05, 4.69) is 0 Å². The largest absolute Gasteiger partial charge is 0.456 e. The van der Waals surface area contributed by atoms with Crippen molar-refractivity contribution < 1.29 is 28.6 Å². The van der Waals surface area contributed by atoms with Gasteiger partial charge in [0, 0.05) is 6.42 Å². The highest BCUT2D eigenvalue weighted by atomic mass is 28.4. The van der Waals surface area contributed by atoms with E-state index in [-0.39, 0.29) is 13.0 Å². The van der Waals surface area contributed by atoms with Gasteiger partial charge in [0.05, 0.1) is 18.2 Å². The number of esters is 1. The number of benzene rings is 1. The van der Waals surface area contributed by atoms with Gasteiger partial charge >= 0.3 is 12.1 Å². The van der Waals surface area contributed by atoms with Crippen LogP contribution in [0.25, 0.3) is 0 Å². The van der Waals surface area contributed by atoms with Crippen LogP contribution in [0.2, 0.25) is 19.6 Å². The number of rotatable bonds is 5. The third-order valence-electron chi connectivity index (χ3n) is 4.08. The Hall–Kier alpha value is -1.90. The molecule has 1 aliphatic rings. The Morgan fingerprint density at radius 2 is 1.79 bits per heavy atom. The molecule has 1 fully saturated rings. The smallest absolute Gasteiger partial charge is 0.412 e. The van der Waals surface area contributed by atoms with Crippen LogP contribution in [-0.2, 0) is 13.9 Å². The van der Waals surface area contributed by atoms with E-state index in [1.54, 1.807) is 45.0 Å². The van der Waals surface area contributed by atoms with E-state index < -0.39 is 44.4 Å². The second-order valence-corrected chi connectivity index (χ2v) is 13.3. The average molecular weight is 410 g/mol. The van der Waals surface area contributed by atoms with Crippen molar-refractivity contribution in [3.63, 3.8) is 0 Å². The lowest BCUT2D eigenvalue weighted by atomic mass is 10.1. The summed E-state index contributed by atoms with van der Waals surface area (Å²) in [6, 6.07) is 7.90. The van der Waals surface area contributed by atoms with Crippen LogP contribution in [0.3, 0.4) is 0 Å². The molecule has 1 amide bonds. The first-order valence-corrected chi connectivity index (χ1v) is 12.9. The van der Waals surface area contributed by atoms with Crippen molar-refractivity contribution in [1.29, 1.82) is 0 Å². The molecule has 0 radical (unpaired) electrons. The maximum Gasteiger partial charge on any atom is 0.412 e. The second-order valence-electron chi connectivity index (χ2n) is 8.87. The van der Waals surface area contributed by atoms with Crippen molar-refractivity contribution in [3.05, 3.63) is 35.9 Å². The Morgan fingerprint density at radius 3 is 2.29 bits per heavy atom. The molecule has 1 saturated heterocycles. The van der Waals surface area contributed by atoms with Crippen molar-refractivity contribution in [1.82, 2.24) is 4.90 Å². The fraction of sp³-hybridized carbons (Fsp3) is 0.600. The number of nitrogens with zero attached hydrogens (tertiary/aromatic N) is 1. The van der Waals surface area contributed by atoms with Crippen LogP contribution < -0.4 is 0 Å². The number of ether oxygens (including phenoxy) is 2. The van der Waals surface area contributed by atoms with Crippen molar-refractivity contribution in [2.45, 2.75) is 70.8 Å². The number of likely N-dealkylation sites (tertiary alicyclic amines) is 1. The Kier molecular flexibility index (Phi) is 6.90. The van der Waals surface area contributed by atoms with Crippen molar-refractivity contribution in [2.75, 3.05) is 6.61 Å². The van der Waals surface area contributed by atoms with E-state index in [9.17, 15) is 14.7 Å². The van der Waals surface area contributed by atoms with Gasteiger partial charge in [0.25, 0.3) is 0 Å². The van der Waals surface area contributed by atoms with Crippen LogP contribution in [0.5, 0.6) is 0 Å². The lowest BCUT2D eigenvalue weighted by molar-refractivity contribution is -0.0308. The highest BCUT2D eigenvalue weighted by Gasteiger charge is 2.49. The summed E-state index contributed by atoms with van der Waals surface area (Å²) in [5.41, 5.74) is -0.280. The van der Waals surface area contributed by atoms with Gasteiger partial charge in [-0.2, -0.15) is 0 Å². The maximum absolute atomic E-state index is 12.8. The first-order valence-electron chi connectivity index (χ1n) is 9.47. The topological polar surface area (TPSA) is 85.3 Å². The number of hydrogen-bond acceptors (Lipinski definition) is 6. The molecule has 1 aliphatic heterocycles. The Balaban J connectivity index is 2.24. The summed E-state index contributed by atoms with van der Waals surface area (Å²) in [5.74, 6) is -0.498. The minimum absolute atomic E-state index is 0.285. The van der Waals surface area contributed by atoms with Crippen LogP contribution in [0.15, 0.2) is 30.3 Å². The minimum atomic E-state index is -2.02. The molecule has 1 N–H and O–H groups in total. The predicted molar refractivity (Wildman–Crippen MR) is 107 cm³/mol. The van der Waals surface area contributed by atoms with Crippen molar-refractivity contribution in [3.8, 4) is 0 Å². The molecule has 0 bridgehead atoms. The normalized spacial score (nSPS) is 22.8. The lowest BCUT2D eigenvalue weighted by Gasteiger charge is -2.34. The number of aliphatic hydroxyl groups excluding tert-OH is 1. The van der Waals surface area contributed by atoms with Crippen molar-refractivity contribution >= 4 is 20.4 Å². The SMILES string of the molecule is CC(C)(C)OC(=O)N1C(O[Si](C)(C)C)C[C@H](OC(=O)c2ccccc2)[C@H]1CO. The molecule has 0 spiro atoms. The molecule has 1 aromatic carbocycles. The average Bonchev–Trinajstić information content (AvgIpc) is 2.89. The molecular formula is C20H31NO6Si. The number of amides is 1. The van der Waals surface area contributed by atoms with Gasteiger partial charge in [-0.05, 0) is 52.5 Å². The van der Waals surface area contributed by atoms with Crippen LogP contribution in [-0.4, -0.2) is 61.0 Å². The summed E-state index contributed by atoms with van der Waals surface area (Å²) in [4.78, 5) is 26.7. The summed E-state index contributed by atoms with van der Waals surface area (Å²) in [5, 5.41) is 9.97. The second kappa shape index (κ2) is 8.63. The van der Waals surface area contributed by atoms with Gasteiger partial charge < -0.3 is 19.0 Å². The highest BCUT2D eigenvalue weighted by Crippen LogP contribution is 2.32. The van der Waals surface area contributed by atoms with Gasteiger partial charge in [0.15, 0.2) is 8.32 Å². The molecule has 1 heterocycles. The fourth-order valence-corrected chi connectivity index (χ4v) is 4.08. The minimum Gasteiger partial charge on any atom is -0.456 e. The Bertz CT molecular complexity index is 682. The molecule has 156 valence electrons. The predicted octanol–water partition coefficient (Wildman–Crippen LogP) is 3.39. The van der Waals surface area contributed by atoms with Gasteiger partial charge in [0.2, 0.25) is 0 Å². The lowest BCUT2D eigenvalue weighted by Crippen LogP contribution is -2.50. The molecule has 0 aliphatic carbocycles. The monoisotopic (exact) mass is 409 g/mol. The quantitative estimate of drug-likeness (QED) is 0.593. The first-order chi connectivity index (χ1) is 12.9. The maximum atomic E-state index is 12.8. The first kappa shape index (κ1) is 22.4. The number of aliphatic hydroxyl groups is 1. The van der Waals surface area contributed by atoms with E-state index in [4.69, 9.17) is 13.9 Å². The Morgan fingerprint density at radius 1 is 1.18 bits per heavy atom. The number of carbonyl (C=O) groups excluding carboxylic acids is 2. The van der Waals surface area contributed by atoms with Gasteiger partial charge in [0.1, 0.15) is 17.9 Å². The molecule has 1 aromatic rings. The molecule has 7 nitrogen and oxygen atoms in total. The zero-order chi connectivity index (χ0) is 21.1. The van der Waals surface area contributed by atoms with Gasteiger partial charge in [-0.3, -0.25) is 4.90 Å². The van der Waals surface area contributed by atoms with Crippen LogP contribution >= 0.6 is 0 Å². The standard InChI is InChI=1S/C20H31NO6Si/c1-20(2,3)26-19(24)21-15(13-22)16(12-17(21)27-28(4,5)6)25-18(23)14-10-8-7-9-11-14/h7-11,15-17,22H,12-13H2,1-6H3/t15-,16+,17?/m1/s1. The summed E-state index contributed by atoms with van der Waals surface area (Å²) >= 11 is 0. The van der Waals surface area contributed by atoms with Crippen molar-refractivity contribution in [2.24, 2.45) is 0 Å². The summed E-state index contributed by atoms with van der Waals surface area (Å²) in [6.45, 7) is 11.0. The zero-order valence-electron chi connectivity index (χ0n) is 17.5.